The average molecular weight is 341 g/mol. The van der Waals surface area contributed by atoms with Crippen molar-refractivity contribution >= 4 is 21.6 Å². The maximum Gasteiger partial charge on any atom is 0.0541 e. The first-order valence-electron chi connectivity index (χ1n) is 7.42. The van der Waals surface area contributed by atoms with Crippen LogP contribution in [0.5, 0.6) is 0 Å². The molecule has 0 radical (unpaired) electrons. The molecule has 1 saturated heterocycles. The van der Waals surface area contributed by atoms with Crippen molar-refractivity contribution in [2.75, 3.05) is 25.0 Å². The zero-order chi connectivity index (χ0) is 14.7. The molecule has 1 fully saturated rings. The van der Waals surface area contributed by atoms with E-state index in [1.807, 2.05) is 14.0 Å². The van der Waals surface area contributed by atoms with Crippen molar-refractivity contribution in [1.82, 2.24) is 5.32 Å². The number of anilines is 1. The van der Waals surface area contributed by atoms with Crippen LogP contribution in [0, 0.1) is 5.92 Å². The number of hydrogen-bond donors (Lipinski definition) is 2. The van der Waals surface area contributed by atoms with Crippen LogP contribution in [0.2, 0.25) is 0 Å². The van der Waals surface area contributed by atoms with Gasteiger partial charge in [-0.15, -0.1) is 0 Å². The van der Waals surface area contributed by atoms with Gasteiger partial charge in [0.1, 0.15) is 0 Å². The van der Waals surface area contributed by atoms with Crippen molar-refractivity contribution < 1.29 is 5.11 Å². The highest BCUT2D eigenvalue weighted by Crippen LogP contribution is 2.32. The van der Waals surface area contributed by atoms with Crippen LogP contribution in [0.3, 0.4) is 0 Å². The van der Waals surface area contributed by atoms with E-state index >= 15 is 0 Å². The first-order valence-corrected chi connectivity index (χ1v) is 8.22. The summed E-state index contributed by atoms with van der Waals surface area (Å²) in [5.74, 6) is 0.452. The van der Waals surface area contributed by atoms with Crippen LogP contribution in [0.4, 0.5) is 5.69 Å². The normalized spacial score (nSPS) is 19.9. The predicted molar refractivity (Wildman–Crippen MR) is 88.2 cm³/mol. The minimum Gasteiger partial charge on any atom is -0.393 e. The van der Waals surface area contributed by atoms with Gasteiger partial charge in [-0.2, -0.15) is 0 Å². The van der Waals surface area contributed by atoms with Crippen molar-refractivity contribution in [3.8, 4) is 0 Å². The Morgan fingerprint density at radius 2 is 1.95 bits per heavy atom. The van der Waals surface area contributed by atoms with Gasteiger partial charge < -0.3 is 15.3 Å². The first-order chi connectivity index (χ1) is 9.52. The summed E-state index contributed by atoms with van der Waals surface area (Å²) in [7, 11) is 1.98. The van der Waals surface area contributed by atoms with Crippen LogP contribution in [-0.4, -0.2) is 31.3 Å². The first kappa shape index (κ1) is 15.8. The van der Waals surface area contributed by atoms with Crippen LogP contribution >= 0.6 is 15.9 Å². The average Bonchev–Trinajstić information content (AvgIpc) is 2.46. The summed E-state index contributed by atoms with van der Waals surface area (Å²) in [4.78, 5) is 2.41. The van der Waals surface area contributed by atoms with E-state index in [-0.39, 0.29) is 6.10 Å². The fourth-order valence-electron chi connectivity index (χ4n) is 2.84. The quantitative estimate of drug-likeness (QED) is 0.882. The van der Waals surface area contributed by atoms with Gasteiger partial charge in [0.2, 0.25) is 0 Å². The highest BCUT2D eigenvalue weighted by atomic mass is 79.9. The Morgan fingerprint density at radius 1 is 1.30 bits per heavy atom. The summed E-state index contributed by atoms with van der Waals surface area (Å²) in [6.45, 7) is 6.12. The maximum absolute atomic E-state index is 9.68. The van der Waals surface area contributed by atoms with Gasteiger partial charge in [-0.3, -0.25) is 0 Å². The smallest absolute Gasteiger partial charge is 0.0541 e. The molecule has 1 heterocycles. The third-order valence-electron chi connectivity index (χ3n) is 4.47. The fourth-order valence-corrected chi connectivity index (χ4v) is 3.49. The van der Waals surface area contributed by atoms with Gasteiger partial charge in [0.05, 0.1) is 11.8 Å². The second-order valence-electron chi connectivity index (χ2n) is 5.79. The number of aliphatic hydroxyl groups excluding tert-OH is 1. The molecule has 1 aromatic rings. The van der Waals surface area contributed by atoms with Crippen LogP contribution in [0.15, 0.2) is 22.7 Å². The Kier molecular flexibility index (Phi) is 5.47. The Bertz CT molecular complexity index is 442. The van der Waals surface area contributed by atoms with E-state index in [1.165, 1.54) is 11.3 Å². The number of nitrogens with one attached hydrogen (secondary N) is 1. The topological polar surface area (TPSA) is 35.5 Å². The second-order valence-corrected chi connectivity index (χ2v) is 6.64. The lowest BCUT2D eigenvalue weighted by atomic mass is 9.92. The predicted octanol–water partition coefficient (Wildman–Crippen LogP) is 3.33. The standard InChI is InChI=1S/C16H25BrN2O/c1-11(18-3)14-4-5-16(15(17)10-14)19-8-6-13(7-9-19)12(2)20/h4-5,10-13,18,20H,6-9H2,1-3H3. The molecular formula is C16H25BrN2O. The molecule has 0 aliphatic carbocycles. The van der Waals surface area contributed by atoms with E-state index in [1.54, 1.807) is 0 Å². The van der Waals surface area contributed by atoms with Gasteiger partial charge in [0.25, 0.3) is 0 Å². The van der Waals surface area contributed by atoms with Crippen LogP contribution in [0.25, 0.3) is 0 Å². The van der Waals surface area contributed by atoms with E-state index in [2.05, 4.69) is 51.3 Å². The van der Waals surface area contributed by atoms with Crippen molar-refractivity contribution in [2.24, 2.45) is 5.92 Å². The molecule has 3 nitrogen and oxygen atoms in total. The molecule has 2 N–H and O–H groups in total. The van der Waals surface area contributed by atoms with Crippen molar-refractivity contribution in [1.29, 1.82) is 0 Å². The molecule has 0 amide bonds. The van der Waals surface area contributed by atoms with Gasteiger partial charge in [0, 0.05) is 23.6 Å². The lowest BCUT2D eigenvalue weighted by Crippen LogP contribution is -2.37. The van der Waals surface area contributed by atoms with E-state index in [0.717, 1.165) is 30.4 Å². The Balaban J connectivity index is 2.07. The molecular weight excluding hydrogens is 316 g/mol. The van der Waals surface area contributed by atoms with E-state index in [4.69, 9.17) is 0 Å². The largest absolute Gasteiger partial charge is 0.393 e. The molecule has 0 bridgehead atoms. The summed E-state index contributed by atoms with van der Waals surface area (Å²) in [6, 6.07) is 6.97. The lowest BCUT2D eigenvalue weighted by molar-refractivity contribution is 0.110. The zero-order valence-electron chi connectivity index (χ0n) is 12.6. The number of rotatable bonds is 4. The molecule has 112 valence electrons. The highest BCUT2D eigenvalue weighted by Gasteiger charge is 2.23. The van der Waals surface area contributed by atoms with Crippen molar-refractivity contribution in [3.05, 3.63) is 28.2 Å². The van der Waals surface area contributed by atoms with Crippen molar-refractivity contribution in [3.63, 3.8) is 0 Å². The Labute approximate surface area is 130 Å². The van der Waals surface area contributed by atoms with E-state index in [0.29, 0.717) is 12.0 Å². The molecule has 1 aromatic carbocycles. The lowest BCUT2D eigenvalue weighted by Gasteiger charge is -2.35. The Morgan fingerprint density at radius 3 is 2.45 bits per heavy atom. The minimum absolute atomic E-state index is 0.181. The van der Waals surface area contributed by atoms with Crippen LogP contribution < -0.4 is 10.2 Å². The molecule has 20 heavy (non-hydrogen) atoms. The van der Waals surface area contributed by atoms with Gasteiger partial charge in [-0.25, -0.2) is 0 Å². The number of benzene rings is 1. The Hall–Kier alpha value is -0.580. The number of hydrogen-bond acceptors (Lipinski definition) is 3. The fraction of sp³-hybridized carbons (Fsp3) is 0.625. The van der Waals surface area contributed by atoms with E-state index in [9.17, 15) is 5.11 Å². The van der Waals surface area contributed by atoms with Gasteiger partial charge >= 0.3 is 0 Å². The SMILES string of the molecule is CNC(C)c1ccc(N2CCC(C(C)O)CC2)c(Br)c1. The molecule has 0 spiro atoms. The summed E-state index contributed by atoms with van der Waals surface area (Å²) in [6.07, 6.45) is 1.96. The molecule has 1 aliphatic heterocycles. The summed E-state index contributed by atoms with van der Waals surface area (Å²) in [5.41, 5.74) is 2.56. The van der Waals surface area contributed by atoms with Crippen LogP contribution in [0.1, 0.15) is 38.3 Å². The number of halogens is 1. The molecule has 0 aromatic heterocycles. The molecule has 2 atom stereocenters. The number of nitrogens with zero attached hydrogens (tertiary/aromatic N) is 1. The van der Waals surface area contributed by atoms with Crippen molar-refractivity contribution in [2.45, 2.75) is 38.8 Å². The second kappa shape index (κ2) is 6.92. The molecule has 2 unspecified atom stereocenters. The summed E-state index contributed by atoms with van der Waals surface area (Å²) >= 11 is 3.71. The third kappa shape index (κ3) is 3.54. The van der Waals surface area contributed by atoms with Crippen LogP contribution in [-0.2, 0) is 0 Å². The monoisotopic (exact) mass is 340 g/mol. The van der Waals surface area contributed by atoms with E-state index < -0.39 is 0 Å². The molecule has 0 saturated carbocycles. The summed E-state index contributed by atoms with van der Waals surface area (Å²) in [5, 5.41) is 12.9. The van der Waals surface area contributed by atoms with Gasteiger partial charge in [-0.1, -0.05) is 6.07 Å². The zero-order valence-corrected chi connectivity index (χ0v) is 14.2. The van der Waals surface area contributed by atoms with Gasteiger partial charge in [-0.05, 0) is 73.3 Å². The van der Waals surface area contributed by atoms with Gasteiger partial charge in [0.15, 0.2) is 0 Å². The minimum atomic E-state index is -0.181. The maximum atomic E-state index is 9.68. The molecule has 4 heteroatoms. The third-order valence-corrected chi connectivity index (χ3v) is 5.10. The molecule has 2 rings (SSSR count). The summed E-state index contributed by atoms with van der Waals surface area (Å²) < 4.78 is 1.16. The molecule has 1 aliphatic rings. The number of aliphatic hydroxyl groups is 1. The number of piperidine rings is 1. The highest BCUT2D eigenvalue weighted by molar-refractivity contribution is 9.10.